The van der Waals surface area contributed by atoms with Crippen molar-refractivity contribution < 1.29 is 19.8 Å². The maximum atomic E-state index is 11.4. The average molecular weight is 310 g/mol. The summed E-state index contributed by atoms with van der Waals surface area (Å²) in [6.07, 6.45) is 12.0. The second-order valence-electron chi connectivity index (χ2n) is 6.35. The summed E-state index contributed by atoms with van der Waals surface area (Å²) >= 11 is 0. The summed E-state index contributed by atoms with van der Waals surface area (Å²) in [6.45, 7) is 1.86. The normalized spacial score (nSPS) is 24.9. The van der Waals surface area contributed by atoms with E-state index in [9.17, 15) is 14.7 Å². The van der Waals surface area contributed by atoms with Crippen molar-refractivity contribution in [3.8, 4) is 0 Å². The van der Waals surface area contributed by atoms with Gasteiger partial charge in [-0.3, -0.25) is 9.59 Å². The summed E-state index contributed by atoms with van der Waals surface area (Å²) in [6, 6.07) is 0. The third-order valence-corrected chi connectivity index (χ3v) is 4.65. The van der Waals surface area contributed by atoms with Gasteiger partial charge in [-0.25, -0.2) is 0 Å². The maximum Gasteiger partial charge on any atom is 0.303 e. The lowest BCUT2D eigenvalue weighted by molar-refractivity contribution is -0.137. The fourth-order valence-electron chi connectivity index (χ4n) is 3.26. The molecule has 4 nitrogen and oxygen atoms in total. The maximum absolute atomic E-state index is 11.4. The molecule has 1 rings (SSSR count). The van der Waals surface area contributed by atoms with Crippen molar-refractivity contribution in [2.24, 2.45) is 11.8 Å². The van der Waals surface area contributed by atoms with Gasteiger partial charge in [-0.05, 0) is 43.6 Å². The molecule has 126 valence electrons. The van der Waals surface area contributed by atoms with Crippen LogP contribution in [0.25, 0.3) is 0 Å². The highest BCUT2D eigenvalue weighted by atomic mass is 16.4. The van der Waals surface area contributed by atoms with Gasteiger partial charge >= 0.3 is 5.97 Å². The fraction of sp³-hybridized carbons (Fsp3) is 0.778. The smallest absolute Gasteiger partial charge is 0.303 e. The topological polar surface area (TPSA) is 74.6 Å². The van der Waals surface area contributed by atoms with Crippen LogP contribution in [0.5, 0.6) is 0 Å². The molecule has 0 aromatic heterocycles. The number of unbranched alkanes of at least 4 members (excludes halogenated alkanes) is 4. The monoisotopic (exact) mass is 310 g/mol. The molecule has 0 bridgehead atoms. The summed E-state index contributed by atoms with van der Waals surface area (Å²) < 4.78 is 0. The summed E-state index contributed by atoms with van der Waals surface area (Å²) in [5.74, 6) is 0.0429. The molecule has 22 heavy (non-hydrogen) atoms. The van der Waals surface area contributed by atoms with E-state index < -0.39 is 5.97 Å². The van der Waals surface area contributed by atoms with Gasteiger partial charge in [-0.2, -0.15) is 0 Å². The molecule has 3 atom stereocenters. The van der Waals surface area contributed by atoms with E-state index in [4.69, 9.17) is 5.11 Å². The van der Waals surface area contributed by atoms with Gasteiger partial charge in [-0.1, -0.05) is 38.7 Å². The minimum Gasteiger partial charge on any atom is -0.481 e. The SMILES string of the molecule is CCC(=O)/C=C/C1CCC(O)C1CCCCCCCC(=O)O. The molecule has 0 radical (unpaired) electrons. The molecule has 2 N–H and O–H groups in total. The van der Waals surface area contributed by atoms with Gasteiger partial charge in [0.15, 0.2) is 5.78 Å². The number of carbonyl (C=O) groups is 2. The number of carboxylic acid groups (broad SMARTS) is 1. The zero-order chi connectivity index (χ0) is 16.4. The van der Waals surface area contributed by atoms with Crippen LogP contribution in [0, 0.1) is 11.8 Å². The molecular formula is C18H30O4. The van der Waals surface area contributed by atoms with Gasteiger partial charge in [0.1, 0.15) is 0 Å². The standard InChI is InChI=1S/C18H30O4/c1-2-15(19)12-10-14-11-13-17(20)16(14)8-6-4-3-5-7-9-18(21)22/h10,12,14,16-17,20H,2-9,11,13H2,1H3,(H,21,22)/b12-10+. The van der Waals surface area contributed by atoms with Crippen LogP contribution >= 0.6 is 0 Å². The summed E-state index contributed by atoms with van der Waals surface area (Å²) in [5, 5.41) is 18.7. The quantitative estimate of drug-likeness (QED) is 0.450. The number of carbonyl (C=O) groups excluding carboxylic acids is 1. The first-order valence-corrected chi connectivity index (χ1v) is 8.65. The lowest BCUT2D eigenvalue weighted by atomic mass is 9.88. The first kappa shape index (κ1) is 18.9. The van der Waals surface area contributed by atoms with Crippen LogP contribution in [0.15, 0.2) is 12.2 Å². The number of aliphatic hydroxyl groups is 1. The molecule has 4 heteroatoms. The molecule has 0 spiro atoms. The molecule has 1 aliphatic carbocycles. The lowest BCUT2D eigenvalue weighted by Gasteiger charge is -2.19. The van der Waals surface area contributed by atoms with E-state index >= 15 is 0 Å². The molecule has 1 aliphatic rings. The van der Waals surface area contributed by atoms with Crippen molar-refractivity contribution in [1.82, 2.24) is 0 Å². The van der Waals surface area contributed by atoms with Crippen LogP contribution < -0.4 is 0 Å². The van der Waals surface area contributed by atoms with Crippen molar-refractivity contribution in [3.63, 3.8) is 0 Å². The minimum atomic E-state index is -0.717. The minimum absolute atomic E-state index is 0.151. The molecule has 0 heterocycles. The molecule has 0 aliphatic heterocycles. The highest BCUT2D eigenvalue weighted by Crippen LogP contribution is 2.36. The number of hydrogen-bond donors (Lipinski definition) is 2. The van der Waals surface area contributed by atoms with Crippen molar-refractivity contribution in [2.45, 2.75) is 77.2 Å². The Bertz CT molecular complexity index is 375. The summed E-state index contributed by atoms with van der Waals surface area (Å²) in [7, 11) is 0. The van der Waals surface area contributed by atoms with Gasteiger partial charge < -0.3 is 10.2 Å². The molecule has 1 fully saturated rings. The second-order valence-corrected chi connectivity index (χ2v) is 6.35. The van der Waals surface area contributed by atoms with Crippen LogP contribution in [-0.2, 0) is 9.59 Å². The highest BCUT2D eigenvalue weighted by molar-refractivity contribution is 5.89. The Hall–Kier alpha value is -1.16. The van der Waals surface area contributed by atoms with Gasteiger partial charge in [0.2, 0.25) is 0 Å². The Kier molecular flexibility index (Phi) is 9.05. The van der Waals surface area contributed by atoms with Crippen LogP contribution in [0.1, 0.15) is 71.1 Å². The second kappa shape index (κ2) is 10.5. The number of allylic oxidation sites excluding steroid dienone is 2. The number of carboxylic acids is 1. The number of hydrogen-bond acceptors (Lipinski definition) is 3. The van der Waals surface area contributed by atoms with E-state index in [0.29, 0.717) is 12.3 Å². The summed E-state index contributed by atoms with van der Waals surface area (Å²) in [4.78, 5) is 21.8. The van der Waals surface area contributed by atoms with Gasteiger partial charge in [0, 0.05) is 12.8 Å². The average Bonchev–Trinajstić information content (AvgIpc) is 2.84. The predicted octanol–water partition coefficient (Wildman–Crippen LogP) is 3.72. The van der Waals surface area contributed by atoms with E-state index in [-0.39, 0.29) is 24.2 Å². The van der Waals surface area contributed by atoms with E-state index in [1.54, 1.807) is 6.08 Å². The molecule has 1 saturated carbocycles. The lowest BCUT2D eigenvalue weighted by Crippen LogP contribution is -2.18. The number of rotatable bonds is 11. The van der Waals surface area contributed by atoms with Crippen LogP contribution in [-0.4, -0.2) is 28.1 Å². The van der Waals surface area contributed by atoms with Gasteiger partial charge in [0.05, 0.1) is 6.10 Å². The number of aliphatic carboxylic acids is 1. The van der Waals surface area contributed by atoms with Crippen molar-refractivity contribution in [3.05, 3.63) is 12.2 Å². The van der Waals surface area contributed by atoms with Crippen LogP contribution in [0.3, 0.4) is 0 Å². The van der Waals surface area contributed by atoms with E-state index in [0.717, 1.165) is 51.4 Å². The van der Waals surface area contributed by atoms with Gasteiger partial charge in [-0.15, -0.1) is 0 Å². The predicted molar refractivity (Wildman–Crippen MR) is 86.6 cm³/mol. The van der Waals surface area contributed by atoms with Crippen LogP contribution in [0.4, 0.5) is 0 Å². The van der Waals surface area contributed by atoms with Crippen molar-refractivity contribution in [2.75, 3.05) is 0 Å². The number of aliphatic hydroxyl groups excluding tert-OH is 1. The fourth-order valence-corrected chi connectivity index (χ4v) is 3.26. The zero-order valence-electron chi connectivity index (χ0n) is 13.7. The Balaban J connectivity index is 2.22. The molecular weight excluding hydrogens is 280 g/mol. The Labute approximate surface area is 133 Å². The molecule has 0 aromatic carbocycles. The van der Waals surface area contributed by atoms with Crippen LogP contribution in [0.2, 0.25) is 0 Å². The molecule has 0 saturated heterocycles. The Morgan fingerprint density at radius 2 is 1.77 bits per heavy atom. The molecule has 0 aromatic rings. The van der Waals surface area contributed by atoms with E-state index in [1.807, 2.05) is 13.0 Å². The van der Waals surface area contributed by atoms with E-state index in [1.165, 1.54) is 0 Å². The van der Waals surface area contributed by atoms with Crippen molar-refractivity contribution in [1.29, 1.82) is 0 Å². The van der Waals surface area contributed by atoms with E-state index in [2.05, 4.69) is 0 Å². The molecule has 0 amide bonds. The zero-order valence-corrected chi connectivity index (χ0v) is 13.7. The third kappa shape index (κ3) is 7.21. The highest BCUT2D eigenvalue weighted by Gasteiger charge is 2.32. The summed E-state index contributed by atoms with van der Waals surface area (Å²) in [5.41, 5.74) is 0. The largest absolute Gasteiger partial charge is 0.481 e. The van der Waals surface area contributed by atoms with Crippen molar-refractivity contribution >= 4 is 11.8 Å². The van der Waals surface area contributed by atoms with Gasteiger partial charge in [0.25, 0.3) is 0 Å². The molecule has 3 unspecified atom stereocenters. The Morgan fingerprint density at radius 3 is 2.45 bits per heavy atom. The first-order valence-electron chi connectivity index (χ1n) is 8.65. The first-order chi connectivity index (χ1) is 10.5. The number of ketones is 1. The third-order valence-electron chi connectivity index (χ3n) is 4.65. The Morgan fingerprint density at radius 1 is 1.09 bits per heavy atom.